The Kier molecular flexibility index (Phi) is 7.74. The molecule has 0 spiro atoms. The third-order valence-electron chi connectivity index (χ3n) is 4.16. The second-order valence-electron chi connectivity index (χ2n) is 5.73. The topological polar surface area (TPSA) is 72.4 Å². The molecule has 0 saturated carbocycles. The molecule has 0 saturated heterocycles. The van der Waals surface area contributed by atoms with Crippen LogP contribution in [0.1, 0.15) is 0 Å². The van der Waals surface area contributed by atoms with Gasteiger partial charge in [0.2, 0.25) is 0 Å². The van der Waals surface area contributed by atoms with Crippen LogP contribution in [0.3, 0.4) is 0 Å². The maximum Gasteiger partial charge on any atom is 1.00 e. The van der Waals surface area contributed by atoms with Gasteiger partial charge in [-0.2, -0.15) is 0 Å². The molecule has 0 aliphatic rings. The first kappa shape index (κ1) is 22.6. The minimum Gasteiger partial charge on any atom is -0.780 e. The third kappa shape index (κ3) is 4.86. The van der Waals surface area contributed by atoms with E-state index in [4.69, 9.17) is 4.52 Å². The molecule has 0 bridgehead atoms. The molecular weight excluding hydrogens is 381 g/mol. The molecule has 0 aromatic heterocycles. The minimum atomic E-state index is -5.17. The van der Waals surface area contributed by atoms with Crippen molar-refractivity contribution in [3.05, 3.63) is 78.9 Å². The molecule has 0 radical (unpaired) electrons. The molecule has 0 heterocycles. The van der Waals surface area contributed by atoms with Gasteiger partial charge in [-0.25, -0.2) is 0 Å². The average molecular weight is 394 g/mol. The summed E-state index contributed by atoms with van der Waals surface area (Å²) in [5.74, 6) is 0.0448. The van der Waals surface area contributed by atoms with E-state index in [1.165, 1.54) is 6.07 Å². The Morgan fingerprint density at radius 3 is 1.89 bits per heavy atom. The van der Waals surface area contributed by atoms with Gasteiger partial charge in [0.15, 0.2) is 0 Å². The zero-order valence-corrected chi connectivity index (χ0v) is 20.0. The number of rotatable bonds is 3. The Hall–Kier alpha value is -0.650. The van der Waals surface area contributed by atoms with Crippen molar-refractivity contribution in [2.45, 2.75) is 0 Å². The summed E-state index contributed by atoms with van der Waals surface area (Å²) in [5, 5.41) is 3.73. The summed E-state index contributed by atoms with van der Waals surface area (Å²) >= 11 is 0. The summed E-state index contributed by atoms with van der Waals surface area (Å²) in [6.45, 7) is 0. The smallest absolute Gasteiger partial charge is 0.780 e. The van der Waals surface area contributed by atoms with Crippen molar-refractivity contribution in [2.24, 2.45) is 0 Å². The summed E-state index contributed by atoms with van der Waals surface area (Å²) in [6, 6.07) is 24.5. The summed E-state index contributed by atoms with van der Waals surface area (Å²) in [6.07, 6.45) is 0. The van der Waals surface area contributed by atoms with Crippen molar-refractivity contribution in [3.63, 3.8) is 0 Å². The molecule has 0 amide bonds. The summed E-state index contributed by atoms with van der Waals surface area (Å²) in [7, 11) is -5.17. The van der Waals surface area contributed by atoms with E-state index in [-0.39, 0.29) is 64.9 Å². The summed E-state index contributed by atoms with van der Waals surface area (Å²) in [5.41, 5.74) is 1.42. The first-order valence-electron chi connectivity index (χ1n) is 7.74. The predicted octanol–water partition coefficient (Wildman–Crippen LogP) is -2.12. The molecule has 0 N–H and O–H groups in total. The normalized spacial score (nSPS) is 10.9. The van der Waals surface area contributed by atoms with Crippen LogP contribution in [0, 0.1) is 0 Å². The van der Waals surface area contributed by atoms with Crippen LogP contribution in [0.25, 0.3) is 32.7 Å². The third-order valence-corrected chi connectivity index (χ3v) is 4.58. The van der Waals surface area contributed by atoms with Crippen molar-refractivity contribution in [3.8, 4) is 16.9 Å². The Bertz CT molecular complexity index is 1140. The van der Waals surface area contributed by atoms with E-state index in [0.29, 0.717) is 5.56 Å². The van der Waals surface area contributed by atoms with E-state index in [1.807, 2.05) is 66.7 Å². The van der Waals surface area contributed by atoms with Crippen molar-refractivity contribution in [1.29, 1.82) is 0 Å². The van der Waals surface area contributed by atoms with Crippen molar-refractivity contribution in [1.82, 2.24) is 0 Å². The van der Waals surface area contributed by atoms with E-state index in [0.717, 1.165) is 27.1 Å². The van der Waals surface area contributed by atoms with Gasteiger partial charge in [-0.1, -0.05) is 72.8 Å². The van der Waals surface area contributed by atoms with Crippen LogP contribution in [-0.2, 0) is 4.57 Å². The van der Waals surface area contributed by atoms with E-state index < -0.39 is 7.82 Å². The molecule has 0 fully saturated rings. The van der Waals surface area contributed by atoms with Crippen LogP contribution in [0.15, 0.2) is 78.9 Å². The quantitative estimate of drug-likeness (QED) is 0.294. The SMILES string of the molecule is O=P([O-])([O-])Oc1ccc2ccccc2c1-c1cccc2ccccc12.[Na+].[Na+]. The van der Waals surface area contributed by atoms with Crippen molar-refractivity contribution in [2.75, 3.05) is 0 Å². The zero-order valence-electron chi connectivity index (χ0n) is 15.1. The number of benzene rings is 4. The van der Waals surface area contributed by atoms with Gasteiger partial charge in [0.25, 0.3) is 0 Å². The Morgan fingerprint density at radius 1 is 0.667 bits per heavy atom. The zero-order chi connectivity index (χ0) is 17.4. The standard InChI is InChI=1S/C20H15O4P.2Na/c21-25(22,23)24-19-13-12-15-7-2-4-10-17(15)20(19)18-11-5-8-14-6-1-3-9-16(14)18;;/h1-13H,(H2,21,22,23);;/q;2*+1/p-2. The van der Waals surface area contributed by atoms with Crippen molar-refractivity contribution < 1.29 is 78.0 Å². The summed E-state index contributed by atoms with van der Waals surface area (Å²) < 4.78 is 16.0. The molecule has 0 aliphatic carbocycles. The maximum absolute atomic E-state index is 11.2. The van der Waals surface area contributed by atoms with Gasteiger partial charge in [-0.3, -0.25) is 0 Å². The molecular formula is C20H13Na2O4P. The molecule has 4 rings (SSSR count). The molecule has 0 unspecified atom stereocenters. The summed E-state index contributed by atoms with van der Waals surface area (Å²) in [4.78, 5) is 22.5. The molecule has 7 heteroatoms. The van der Waals surface area contributed by atoms with Crippen LogP contribution in [0.4, 0.5) is 0 Å². The largest absolute Gasteiger partial charge is 1.00 e. The fourth-order valence-corrected chi connectivity index (χ4v) is 3.56. The number of hydrogen-bond donors (Lipinski definition) is 0. The van der Waals surface area contributed by atoms with Crippen LogP contribution in [0.2, 0.25) is 0 Å². The molecule has 0 atom stereocenters. The number of phosphoric ester groups is 1. The fraction of sp³-hybridized carbons (Fsp3) is 0. The van der Waals surface area contributed by atoms with E-state index >= 15 is 0 Å². The van der Waals surface area contributed by atoms with Gasteiger partial charge >= 0.3 is 59.1 Å². The van der Waals surface area contributed by atoms with E-state index in [1.54, 1.807) is 6.07 Å². The van der Waals surface area contributed by atoms with Gasteiger partial charge in [0.05, 0.1) is 0 Å². The van der Waals surface area contributed by atoms with Crippen LogP contribution < -0.4 is 73.4 Å². The Labute approximate surface area is 201 Å². The predicted molar refractivity (Wildman–Crippen MR) is 95.1 cm³/mol. The average Bonchev–Trinajstić information content (AvgIpc) is 2.60. The molecule has 4 aromatic rings. The number of hydrogen-bond acceptors (Lipinski definition) is 4. The van der Waals surface area contributed by atoms with Gasteiger partial charge in [0.1, 0.15) is 13.6 Å². The van der Waals surface area contributed by atoms with E-state index in [9.17, 15) is 14.4 Å². The fourth-order valence-electron chi connectivity index (χ4n) is 3.17. The molecule has 4 nitrogen and oxygen atoms in total. The number of phosphoric acid groups is 1. The van der Waals surface area contributed by atoms with Gasteiger partial charge in [-0.05, 0) is 33.2 Å². The molecule has 27 heavy (non-hydrogen) atoms. The molecule has 124 valence electrons. The first-order valence-corrected chi connectivity index (χ1v) is 9.20. The van der Waals surface area contributed by atoms with Crippen molar-refractivity contribution >= 4 is 29.4 Å². The second-order valence-corrected chi connectivity index (χ2v) is 6.80. The van der Waals surface area contributed by atoms with Gasteiger partial charge in [-0.15, -0.1) is 0 Å². The van der Waals surface area contributed by atoms with Gasteiger partial charge in [0, 0.05) is 5.56 Å². The van der Waals surface area contributed by atoms with E-state index in [2.05, 4.69) is 0 Å². The first-order chi connectivity index (χ1) is 12.0. The molecule has 0 aliphatic heterocycles. The number of fused-ring (bicyclic) bond motifs is 2. The van der Waals surface area contributed by atoms with Gasteiger partial charge < -0.3 is 18.9 Å². The van der Waals surface area contributed by atoms with Crippen LogP contribution >= 0.6 is 7.82 Å². The minimum absolute atomic E-state index is 0. The maximum atomic E-state index is 11.2. The van der Waals surface area contributed by atoms with Crippen LogP contribution in [-0.4, -0.2) is 0 Å². The monoisotopic (exact) mass is 394 g/mol. The Balaban J connectivity index is 0.00000131. The van der Waals surface area contributed by atoms with Crippen LogP contribution in [0.5, 0.6) is 5.75 Å². The Morgan fingerprint density at radius 2 is 1.22 bits per heavy atom. The second kappa shape index (κ2) is 9.23. The molecule has 4 aromatic carbocycles.